The van der Waals surface area contributed by atoms with E-state index in [9.17, 15) is 9.59 Å². The van der Waals surface area contributed by atoms with Crippen molar-refractivity contribution in [3.8, 4) is 0 Å². The number of guanidine groups is 1. The van der Waals surface area contributed by atoms with E-state index >= 15 is 0 Å². The number of rotatable bonds is 5. The molecule has 1 atom stereocenters. The molecule has 8 heteroatoms. The van der Waals surface area contributed by atoms with Crippen molar-refractivity contribution in [2.45, 2.75) is 71.9 Å². The van der Waals surface area contributed by atoms with Gasteiger partial charge < -0.3 is 25.6 Å². The number of carbonyl (C=O) groups excluding carboxylic acids is 2. The van der Waals surface area contributed by atoms with Gasteiger partial charge in [-0.05, 0) is 66.7 Å². The fraction of sp³-hybridized carbons (Fsp3) is 0.850. The molecule has 0 aliphatic carbocycles. The number of likely N-dealkylation sites (tertiary alicyclic amines) is 1. The first-order chi connectivity index (χ1) is 12.9. The molecule has 1 saturated heterocycles. The number of hydrogen-bond acceptors (Lipinski definition) is 4. The minimum absolute atomic E-state index is 0.0734. The average Bonchev–Trinajstić information content (AvgIpc) is 2.55. The highest BCUT2D eigenvalue weighted by atomic mass is 16.6. The van der Waals surface area contributed by atoms with Gasteiger partial charge in [0.2, 0.25) is 5.91 Å². The Morgan fingerprint density at radius 1 is 1.14 bits per heavy atom. The van der Waals surface area contributed by atoms with Crippen molar-refractivity contribution >= 4 is 18.0 Å². The molecule has 0 bridgehead atoms. The maximum absolute atomic E-state index is 12.3. The molecule has 1 unspecified atom stereocenters. The molecule has 0 saturated carbocycles. The lowest BCUT2D eigenvalue weighted by Crippen LogP contribution is -2.48. The predicted octanol–water partition coefficient (Wildman–Crippen LogP) is 2.10. The summed E-state index contributed by atoms with van der Waals surface area (Å²) in [4.78, 5) is 30.1. The van der Waals surface area contributed by atoms with E-state index in [1.54, 1.807) is 7.05 Å². The van der Waals surface area contributed by atoms with Gasteiger partial charge in [-0.3, -0.25) is 9.79 Å². The summed E-state index contributed by atoms with van der Waals surface area (Å²) >= 11 is 0. The summed E-state index contributed by atoms with van der Waals surface area (Å²) in [6.07, 6.45) is 2.78. The van der Waals surface area contributed by atoms with E-state index in [4.69, 9.17) is 4.74 Å². The standard InChI is InChI=1S/C20H39N5O3/c1-19(2,3)24-16(26)13-23-17(21-7)22-11-10-15-9-8-12-25(14-15)18(27)28-20(4,5)6/h15H,8-14H2,1-7H3,(H,24,26)(H2,21,22,23). The second kappa shape index (κ2) is 10.5. The topological polar surface area (TPSA) is 95.1 Å². The third-order valence-electron chi connectivity index (χ3n) is 4.17. The molecule has 1 rings (SSSR count). The van der Waals surface area contributed by atoms with Crippen LogP contribution in [0.2, 0.25) is 0 Å². The lowest BCUT2D eigenvalue weighted by Gasteiger charge is -2.34. The SMILES string of the molecule is CN=C(NCCC1CCCN(C(=O)OC(C)(C)C)C1)NCC(=O)NC(C)(C)C. The van der Waals surface area contributed by atoms with E-state index in [1.165, 1.54) is 0 Å². The van der Waals surface area contributed by atoms with Crippen molar-refractivity contribution < 1.29 is 14.3 Å². The number of aliphatic imine (C=N–C) groups is 1. The van der Waals surface area contributed by atoms with Gasteiger partial charge in [-0.25, -0.2) is 4.79 Å². The smallest absolute Gasteiger partial charge is 0.410 e. The van der Waals surface area contributed by atoms with E-state index in [0.29, 0.717) is 11.9 Å². The molecule has 8 nitrogen and oxygen atoms in total. The Morgan fingerprint density at radius 3 is 2.39 bits per heavy atom. The van der Waals surface area contributed by atoms with Crippen LogP contribution >= 0.6 is 0 Å². The van der Waals surface area contributed by atoms with E-state index < -0.39 is 5.60 Å². The average molecular weight is 398 g/mol. The van der Waals surface area contributed by atoms with Crippen LogP contribution in [0, 0.1) is 5.92 Å². The largest absolute Gasteiger partial charge is 0.444 e. The second-order valence-electron chi connectivity index (χ2n) is 9.37. The summed E-state index contributed by atoms with van der Waals surface area (Å²) < 4.78 is 5.48. The molecule has 0 aromatic rings. The Bertz CT molecular complexity index is 549. The van der Waals surface area contributed by atoms with Crippen molar-refractivity contribution in [2.24, 2.45) is 10.9 Å². The summed E-state index contributed by atoms with van der Waals surface area (Å²) in [5, 5.41) is 9.17. The Kier molecular flexibility index (Phi) is 9.04. The fourth-order valence-electron chi connectivity index (χ4n) is 3.03. The molecule has 28 heavy (non-hydrogen) atoms. The number of piperidine rings is 1. The van der Waals surface area contributed by atoms with Gasteiger partial charge in [-0.2, -0.15) is 0 Å². The van der Waals surface area contributed by atoms with Gasteiger partial charge >= 0.3 is 6.09 Å². The van der Waals surface area contributed by atoms with Crippen LogP contribution in [-0.4, -0.2) is 67.2 Å². The van der Waals surface area contributed by atoms with Gasteiger partial charge in [0.1, 0.15) is 5.60 Å². The zero-order valence-corrected chi connectivity index (χ0v) is 18.6. The third-order valence-corrected chi connectivity index (χ3v) is 4.17. The Hall–Kier alpha value is -1.99. The Balaban J connectivity index is 2.35. The lowest BCUT2D eigenvalue weighted by atomic mass is 9.95. The van der Waals surface area contributed by atoms with Crippen LogP contribution in [0.3, 0.4) is 0 Å². The minimum Gasteiger partial charge on any atom is -0.444 e. The Labute approximate surface area is 169 Å². The normalized spacial score (nSPS) is 18.5. The molecule has 1 aliphatic rings. The first-order valence-corrected chi connectivity index (χ1v) is 10.1. The molecule has 0 spiro atoms. The van der Waals surface area contributed by atoms with E-state index in [0.717, 1.165) is 38.9 Å². The highest BCUT2D eigenvalue weighted by molar-refractivity contribution is 5.86. The van der Waals surface area contributed by atoms with Crippen LogP contribution in [-0.2, 0) is 9.53 Å². The minimum atomic E-state index is -0.469. The van der Waals surface area contributed by atoms with E-state index in [-0.39, 0.29) is 24.1 Å². The van der Waals surface area contributed by atoms with E-state index in [2.05, 4.69) is 20.9 Å². The number of amides is 2. The maximum atomic E-state index is 12.3. The van der Waals surface area contributed by atoms with Crippen molar-refractivity contribution in [1.82, 2.24) is 20.9 Å². The van der Waals surface area contributed by atoms with Crippen LogP contribution in [0.15, 0.2) is 4.99 Å². The van der Waals surface area contributed by atoms with Gasteiger partial charge in [-0.15, -0.1) is 0 Å². The van der Waals surface area contributed by atoms with Gasteiger partial charge in [0.25, 0.3) is 0 Å². The highest BCUT2D eigenvalue weighted by Gasteiger charge is 2.27. The van der Waals surface area contributed by atoms with Crippen LogP contribution in [0.25, 0.3) is 0 Å². The first kappa shape index (κ1) is 24.0. The molecule has 1 aliphatic heterocycles. The van der Waals surface area contributed by atoms with Gasteiger partial charge in [0.05, 0.1) is 6.54 Å². The highest BCUT2D eigenvalue weighted by Crippen LogP contribution is 2.21. The number of nitrogens with one attached hydrogen (secondary N) is 3. The summed E-state index contributed by atoms with van der Waals surface area (Å²) in [6.45, 7) is 13.9. The summed E-state index contributed by atoms with van der Waals surface area (Å²) in [7, 11) is 1.68. The molecule has 3 N–H and O–H groups in total. The van der Waals surface area contributed by atoms with Crippen LogP contribution in [0.4, 0.5) is 4.79 Å². The molecule has 1 fully saturated rings. The first-order valence-electron chi connectivity index (χ1n) is 10.1. The maximum Gasteiger partial charge on any atom is 0.410 e. The second-order valence-corrected chi connectivity index (χ2v) is 9.37. The molecular weight excluding hydrogens is 358 g/mol. The zero-order valence-electron chi connectivity index (χ0n) is 18.6. The molecule has 0 radical (unpaired) electrons. The zero-order chi connectivity index (χ0) is 21.4. The van der Waals surface area contributed by atoms with Crippen molar-refractivity contribution in [1.29, 1.82) is 0 Å². The summed E-state index contributed by atoms with van der Waals surface area (Å²) in [5.74, 6) is 0.954. The summed E-state index contributed by atoms with van der Waals surface area (Å²) in [6, 6.07) is 0. The third kappa shape index (κ3) is 10.4. The quantitative estimate of drug-likeness (QED) is 0.488. The van der Waals surface area contributed by atoms with Crippen molar-refractivity contribution in [3.05, 3.63) is 0 Å². The molecule has 0 aromatic heterocycles. The van der Waals surface area contributed by atoms with Crippen LogP contribution in [0.5, 0.6) is 0 Å². The van der Waals surface area contributed by atoms with Gasteiger partial charge in [0.15, 0.2) is 5.96 Å². The Morgan fingerprint density at radius 2 is 1.82 bits per heavy atom. The molecule has 2 amide bonds. The lowest BCUT2D eigenvalue weighted by molar-refractivity contribution is -0.121. The van der Waals surface area contributed by atoms with Gasteiger partial charge in [0, 0.05) is 32.2 Å². The van der Waals surface area contributed by atoms with Crippen LogP contribution in [0.1, 0.15) is 60.8 Å². The van der Waals surface area contributed by atoms with Gasteiger partial charge in [-0.1, -0.05) is 0 Å². The summed E-state index contributed by atoms with van der Waals surface area (Å²) in [5.41, 5.74) is -0.722. The number of ether oxygens (including phenoxy) is 1. The molecule has 162 valence electrons. The number of nitrogens with zero attached hydrogens (tertiary/aromatic N) is 2. The molecular formula is C20H39N5O3. The van der Waals surface area contributed by atoms with Crippen molar-refractivity contribution in [3.63, 3.8) is 0 Å². The van der Waals surface area contributed by atoms with E-state index in [1.807, 2.05) is 46.4 Å². The molecule has 1 heterocycles. The number of hydrogen-bond donors (Lipinski definition) is 3. The van der Waals surface area contributed by atoms with Crippen molar-refractivity contribution in [2.75, 3.05) is 33.2 Å². The molecule has 0 aromatic carbocycles. The number of carbonyl (C=O) groups is 2. The monoisotopic (exact) mass is 397 g/mol. The van der Waals surface area contributed by atoms with Crippen LogP contribution < -0.4 is 16.0 Å². The fourth-order valence-corrected chi connectivity index (χ4v) is 3.03. The predicted molar refractivity (Wildman–Crippen MR) is 112 cm³/mol.